The van der Waals surface area contributed by atoms with Crippen LogP contribution < -0.4 is 0 Å². The summed E-state index contributed by atoms with van der Waals surface area (Å²) in [4.78, 5) is 11.6. The van der Waals surface area contributed by atoms with Crippen molar-refractivity contribution in [1.82, 2.24) is 4.57 Å². The monoisotopic (exact) mass is 269 g/mol. The first kappa shape index (κ1) is 12.2. The van der Waals surface area contributed by atoms with Crippen LogP contribution in [-0.2, 0) is 6.54 Å². The van der Waals surface area contributed by atoms with Gasteiger partial charge in [-0.05, 0) is 28.5 Å². The first-order valence-corrected chi connectivity index (χ1v) is 7.30. The fourth-order valence-electron chi connectivity index (χ4n) is 2.26. The van der Waals surface area contributed by atoms with Crippen LogP contribution in [0.2, 0.25) is 0 Å². The molecule has 0 bridgehead atoms. The van der Waals surface area contributed by atoms with Crippen LogP contribution in [0, 0.1) is 0 Å². The number of hydrogen-bond acceptors (Lipinski definition) is 2. The van der Waals surface area contributed by atoms with Gasteiger partial charge in [0.15, 0.2) is 5.78 Å². The molecule has 0 aliphatic rings. The van der Waals surface area contributed by atoms with Crippen molar-refractivity contribution in [3.63, 3.8) is 0 Å². The first-order valence-electron chi connectivity index (χ1n) is 6.42. The standard InChI is InChI=1S/C16H15NOS/c1-2-15(18)12-7-8-17(9-12)10-13-11-19-16-6-4-3-5-14(13)16/h3-9,11H,2,10H2,1H3. The molecule has 2 nitrogen and oxygen atoms in total. The molecule has 0 aliphatic carbocycles. The highest BCUT2D eigenvalue weighted by atomic mass is 32.1. The zero-order valence-corrected chi connectivity index (χ0v) is 11.6. The van der Waals surface area contributed by atoms with Crippen LogP contribution in [0.4, 0.5) is 0 Å². The van der Waals surface area contributed by atoms with E-state index in [0.29, 0.717) is 6.42 Å². The summed E-state index contributed by atoms with van der Waals surface area (Å²) in [7, 11) is 0. The molecule has 3 rings (SSSR count). The van der Waals surface area contributed by atoms with E-state index in [2.05, 4.69) is 34.2 Å². The van der Waals surface area contributed by atoms with Crippen LogP contribution in [0.5, 0.6) is 0 Å². The van der Waals surface area contributed by atoms with Gasteiger partial charge >= 0.3 is 0 Å². The number of ketones is 1. The number of benzene rings is 1. The molecule has 96 valence electrons. The Labute approximate surface area is 116 Å². The van der Waals surface area contributed by atoms with Crippen LogP contribution in [0.15, 0.2) is 48.1 Å². The number of fused-ring (bicyclic) bond motifs is 1. The first-order chi connectivity index (χ1) is 9.28. The van der Waals surface area contributed by atoms with Gasteiger partial charge in [0.25, 0.3) is 0 Å². The molecule has 0 saturated carbocycles. The highest BCUT2D eigenvalue weighted by Gasteiger charge is 2.07. The van der Waals surface area contributed by atoms with Crippen molar-refractivity contribution in [3.8, 4) is 0 Å². The quantitative estimate of drug-likeness (QED) is 0.646. The lowest BCUT2D eigenvalue weighted by atomic mass is 10.2. The lowest BCUT2D eigenvalue weighted by Gasteiger charge is -2.01. The Morgan fingerprint density at radius 2 is 2.11 bits per heavy atom. The third kappa shape index (κ3) is 2.34. The molecule has 0 saturated heterocycles. The number of Topliss-reactive ketones (excluding diaryl/α,β-unsaturated/α-hetero) is 1. The van der Waals surface area contributed by atoms with Gasteiger partial charge < -0.3 is 4.57 Å². The van der Waals surface area contributed by atoms with Crippen molar-refractivity contribution in [3.05, 3.63) is 59.2 Å². The number of carbonyl (C=O) groups excluding carboxylic acids is 1. The molecule has 0 aliphatic heterocycles. The van der Waals surface area contributed by atoms with Crippen molar-refractivity contribution >= 4 is 27.2 Å². The topological polar surface area (TPSA) is 22.0 Å². The molecule has 0 N–H and O–H groups in total. The highest BCUT2D eigenvalue weighted by Crippen LogP contribution is 2.26. The van der Waals surface area contributed by atoms with E-state index in [1.165, 1.54) is 15.6 Å². The lowest BCUT2D eigenvalue weighted by Crippen LogP contribution is -1.97. The molecule has 19 heavy (non-hydrogen) atoms. The second kappa shape index (κ2) is 5.02. The van der Waals surface area contributed by atoms with Crippen LogP contribution in [0.25, 0.3) is 10.1 Å². The molecule has 1 aromatic carbocycles. The van der Waals surface area contributed by atoms with Crippen molar-refractivity contribution in [2.24, 2.45) is 0 Å². The number of thiophene rings is 1. The van der Waals surface area contributed by atoms with Crippen molar-refractivity contribution in [2.45, 2.75) is 19.9 Å². The van der Waals surface area contributed by atoms with E-state index >= 15 is 0 Å². The molecule has 0 radical (unpaired) electrons. The van der Waals surface area contributed by atoms with Crippen LogP contribution >= 0.6 is 11.3 Å². The van der Waals surface area contributed by atoms with Gasteiger partial charge in [0, 0.05) is 35.6 Å². The summed E-state index contributed by atoms with van der Waals surface area (Å²) in [5.74, 6) is 0.203. The molecule has 0 spiro atoms. The summed E-state index contributed by atoms with van der Waals surface area (Å²) in [5, 5.41) is 3.51. The van der Waals surface area contributed by atoms with E-state index in [-0.39, 0.29) is 5.78 Å². The zero-order chi connectivity index (χ0) is 13.2. The maximum atomic E-state index is 11.6. The summed E-state index contributed by atoms with van der Waals surface area (Å²) in [5.41, 5.74) is 2.12. The third-order valence-electron chi connectivity index (χ3n) is 3.31. The molecule has 3 aromatic rings. The van der Waals surface area contributed by atoms with Gasteiger partial charge in [0.05, 0.1) is 0 Å². The Hall–Kier alpha value is -1.87. The maximum absolute atomic E-state index is 11.6. The summed E-state index contributed by atoms with van der Waals surface area (Å²) in [6, 6.07) is 10.3. The predicted octanol–water partition coefficient (Wildman–Crippen LogP) is 4.34. The summed E-state index contributed by atoms with van der Waals surface area (Å²) >= 11 is 1.77. The van der Waals surface area contributed by atoms with Crippen molar-refractivity contribution in [2.75, 3.05) is 0 Å². The third-order valence-corrected chi connectivity index (χ3v) is 4.32. The molecule has 3 heteroatoms. The van der Waals surface area contributed by atoms with Gasteiger partial charge in [-0.2, -0.15) is 0 Å². The van der Waals surface area contributed by atoms with Gasteiger partial charge in [-0.25, -0.2) is 0 Å². The molecule has 2 heterocycles. The minimum absolute atomic E-state index is 0.203. The van der Waals surface area contributed by atoms with Gasteiger partial charge in [-0.3, -0.25) is 4.79 Å². The largest absolute Gasteiger partial charge is 0.349 e. The Kier molecular flexibility index (Phi) is 3.22. The minimum atomic E-state index is 0.203. The summed E-state index contributed by atoms with van der Waals surface area (Å²) in [6.07, 6.45) is 4.49. The molecule has 0 amide bonds. The van der Waals surface area contributed by atoms with Crippen LogP contribution in [-0.4, -0.2) is 10.4 Å². The molecule has 0 atom stereocenters. The average Bonchev–Trinajstić information content (AvgIpc) is 3.06. The van der Waals surface area contributed by atoms with Gasteiger partial charge in [0.1, 0.15) is 0 Å². The maximum Gasteiger partial charge on any atom is 0.164 e. The van der Waals surface area contributed by atoms with Gasteiger partial charge in [0.2, 0.25) is 0 Å². The van der Waals surface area contributed by atoms with E-state index in [0.717, 1.165) is 12.1 Å². The number of hydrogen-bond donors (Lipinski definition) is 0. The Morgan fingerprint density at radius 1 is 1.26 bits per heavy atom. The molecule has 2 aromatic heterocycles. The SMILES string of the molecule is CCC(=O)c1ccn(Cc2csc3ccccc23)c1. The molecule has 0 unspecified atom stereocenters. The second-order valence-corrected chi connectivity index (χ2v) is 5.52. The Morgan fingerprint density at radius 3 is 2.95 bits per heavy atom. The smallest absolute Gasteiger partial charge is 0.164 e. The number of nitrogens with zero attached hydrogens (tertiary/aromatic N) is 1. The Balaban J connectivity index is 1.89. The second-order valence-electron chi connectivity index (χ2n) is 4.61. The fourth-order valence-corrected chi connectivity index (χ4v) is 3.21. The van der Waals surface area contributed by atoms with E-state index in [4.69, 9.17) is 0 Å². The van der Waals surface area contributed by atoms with E-state index < -0.39 is 0 Å². The summed E-state index contributed by atoms with van der Waals surface area (Å²) < 4.78 is 3.40. The van der Waals surface area contributed by atoms with Crippen molar-refractivity contribution < 1.29 is 4.79 Å². The van der Waals surface area contributed by atoms with Crippen LogP contribution in [0.1, 0.15) is 29.3 Å². The Bertz CT molecular complexity index is 723. The van der Waals surface area contributed by atoms with Gasteiger partial charge in [-0.1, -0.05) is 25.1 Å². The molecular weight excluding hydrogens is 254 g/mol. The predicted molar refractivity (Wildman–Crippen MR) is 80.0 cm³/mol. The lowest BCUT2D eigenvalue weighted by molar-refractivity contribution is 0.0988. The highest BCUT2D eigenvalue weighted by molar-refractivity contribution is 7.17. The molecular formula is C16H15NOS. The zero-order valence-electron chi connectivity index (χ0n) is 10.8. The number of carbonyl (C=O) groups is 1. The molecule has 0 fully saturated rings. The summed E-state index contributed by atoms with van der Waals surface area (Å²) in [6.45, 7) is 2.72. The van der Waals surface area contributed by atoms with E-state index in [1.54, 1.807) is 11.3 Å². The van der Waals surface area contributed by atoms with E-state index in [1.807, 2.05) is 25.4 Å². The minimum Gasteiger partial charge on any atom is -0.349 e. The van der Waals surface area contributed by atoms with Crippen molar-refractivity contribution in [1.29, 1.82) is 0 Å². The van der Waals surface area contributed by atoms with Crippen LogP contribution in [0.3, 0.4) is 0 Å². The average molecular weight is 269 g/mol. The normalized spacial score (nSPS) is 11.0. The fraction of sp³-hybridized carbons (Fsp3) is 0.188. The van der Waals surface area contributed by atoms with E-state index in [9.17, 15) is 4.79 Å². The number of rotatable bonds is 4. The number of aromatic nitrogens is 1. The van der Waals surface area contributed by atoms with Gasteiger partial charge in [-0.15, -0.1) is 11.3 Å².